The van der Waals surface area contributed by atoms with Crippen molar-refractivity contribution >= 4 is 11.5 Å². The molecule has 0 amide bonds. The van der Waals surface area contributed by atoms with Crippen molar-refractivity contribution in [1.29, 1.82) is 0 Å². The van der Waals surface area contributed by atoms with Gasteiger partial charge in [-0.2, -0.15) is 0 Å². The Morgan fingerprint density at radius 2 is 2.09 bits per heavy atom. The normalized spacial score (nSPS) is 13.3. The highest BCUT2D eigenvalue weighted by Crippen LogP contribution is 2.33. The third kappa shape index (κ3) is 3.08. The lowest BCUT2D eigenvalue weighted by Crippen LogP contribution is -2.04. The van der Waals surface area contributed by atoms with E-state index in [1.54, 1.807) is 6.07 Å². The lowest BCUT2D eigenvalue weighted by Gasteiger charge is -2.13. The third-order valence-electron chi connectivity index (χ3n) is 3.27. The van der Waals surface area contributed by atoms with Crippen molar-refractivity contribution in [3.8, 4) is 11.5 Å². The quantitative estimate of drug-likeness (QED) is 0.690. The number of nitrogens with one attached hydrogen (secondary N) is 1. The van der Waals surface area contributed by atoms with Crippen molar-refractivity contribution in [2.45, 2.75) is 13.0 Å². The predicted molar refractivity (Wildman–Crippen MR) is 80.3 cm³/mol. The lowest BCUT2D eigenvalue weighted by atomic mass is 10.2. The Labute approximate surface area is 127 Å². The molecule has 0 fully saturated rings. The first-order valence-corrected chi connectivity index (χ1v) is 6.96. The zero-order valence-corrected chi connectivity index (χ0v) is 11.8. The van der Waals surface area contributed by atoms with Crippen LogP contribution in [0, 0.1) is 10.1 Å². The van der Waals surface area contributed by atoms with Crippen molar-refractivity contribution in [3.05, 3.63) is 52.2 Å². The van der Waals surface area contributed by atoms with E-state index in [0.717, 1.165) is 23.5 Å². The average Bonchev–Trinajstić information content (AvgIpc) is 2.79. The average molecular weight is 301 g/mol. The molecular weight excluding hydrogens is 286 g/mol. The lowest BCUT2D eigenvalue weighted by molar-refractivity contribution is -0.385. The van der Waals surface area contributed by atoms with E-state index in [1.165, 1.54) is 12.3 Å². The SMILES string of the molecule is O=[N+]([O-])c1ccc(NCc2cccc3c2OCCCO3)nc1. The van der Waals surface area contributed by atoms with Crippen LogP contribution in [0.15, 0.2) is 36.5 Å². The van der Waals surface area contributed by atoms with E-state index in [0.29, 0.717) is 25.6 Å². The minimum atomic E-state index is -0.473. The zero-order chi connectivity index (χ0) is 15.4. The number of rotatable bonds is 4. The number of hydrogen-bond donors (Lipinski definition) is 1. The number of hydrogen-bond acceptors (Lipinski definition) is 6. The second-order valence-electron chi connectivity index (χ2n) is 4.81. The van der Waals surface area contributed by atoms with Crippen LogP contribution in [0.2, 0.25) is 0 Å². The molecule has 3 rings (SSSR count). The number of pyridine rings is 1. The molecule has 1 aliphatic rings. The summed E-state index contributed by atoms with van der Waals surface area (Å²) in [5.41, 5.74) is 0.926. The first-order chi connectivity index (χ1) is 10.7. The van der Waals surface area contributed by atoms with Crippen molar-refractivity contribution in [2.75, 3.05) is 18.5 Å². The van der Waals surface area contributed by atoms with Crippen LogP contribution in [0.1, 0.15) is 12.0 Å². The monoisotopic (exact) mass is 301 g/mol. The highest BCUT2D eigenvalue weighted by atomic mass is 16.6. The van der Waals surface area contributed by atoms with Gasteiger partial charge in [0, 0.05) is 24.6 Å². The number of para-hydroxylation sites is 1. The van der Waals surface area contributed by atoms with Gasteiger partial charge in [0.05, 0.1) is 18.1 Å². The molecule has 114 valence electrons. The van der Waals surface area contributed by atoms with E-state index >= 15 is 0 Å². The van der Waals surface area contributed by atoms with Crippen LogP contribution in [0.5, 0.6) is 11.5 Å². The molecule has 7 nitrogen and oxygen atoms in total. The summed E-state index contributed by atoms with van der Waals surface area (Å²) in [4.78, 5) is 14.1. The van der Waals surface area contributed by atoms with Gasteiger partial charge >= 0.3 is 0 Å². The summed E-state index contributed by atoms with van der Waals surface area (Å²) in [6.07, 6.45) is 2.08. The Kier molecular flexibility index (Phi) is 4.04. The molecule has 0 bridgehead atoms. The molecule has 0 saturated carbocycles. The smallest absolute Gasteiger partial charge is 0.287 e. The zero-order valence-electron chi connectivity index (χ0n) is 11.8. The summed E-state index contributed by atoms with van der Waals surface area (Å²) in [5.74, 6) is 2.06. The van der Waals surface area contributed by atoms with E-state index in [4.69, 9.17) is 9.47 Å². The molecule has 1 N–H and O–H groups in total. The Morgan fingerprint density at radius 3 is 2.86 bits per heavy atom. The van der Waals surface area contributed by atoms with E-state index in [9.17, 15) is 10.1 Å². The van der Waals surface area contributed by atoms with Crippen LogP contribution in [-0.4, -0.2) is 23.1 Å². The largest absolute Gasteiger partial charge is 0.490 e. The van der Waals surface area contributed by atoms with Gasteiger partial charge in [0.15, 0.2) is 11.5 Å². The second kappa shape index (κ2) is 6.30. The molecule has 0 saturated heterocycles. The molecule has 2 aromatic rings. The van der Waals surface area contributed by atoms with Gasteiger partial charge < -0.3 is 14.8 Å². The van der Waals surface area contributed by atoms with E-state index < -0.39 is 4.92 Å². The maximum atomic E-state index is 10.6. The summed E-state index contributed by atoms with van der Waals surface area (Å²) >= 11 is 0. The number of anilines is 1. The molecule has 0 unspecified atom stereocenters. The fraction of sp³-hybridized carbons (Fsp3) is 0.267. The molecule has 1 aliphatic heterocycles. The van der Waals surface area contributed by atoms with Crippen molar-refractivity contribution in [1.82, 2.24) is 4.98 Å². The summed E-state index contributed by atoms with van der Waals surface area (Å²) in [5, 5.41) is 13.7. The molecule has 0 aliphatic carbocycles. The first-order valence-electron chi connectivity index (χ1n) is 6.96. The van der Waals surface area contributed by atoms with Crippen molar-refractivity contribution in [2.24, 2.45) is 0 Å². The first kappa shape index (κ1) is 14.1. The minimum Gasteiger partial charge on any atom is -0.490 e. The van der Waals surface area contributed by atoms with Gasteiger partial charge in [0.1, 0.15) is 12.0 Å². The van der Waals surface area contributed by atoms with Gasteiger partial charge in [-0.15, -0.1) is 0 Å². The number of benzene rings is 1. The van der Waals surface area contributed by atoms with E-state index in [1.807, 2.05) is 18.2 Å². The van der Waals surface area contributed by atoms with Crippen LogP contribution < -0.4 is 14.8 Å². The van der Waals surface area contributed by atoms with Gasteiger partial charge in [0.25, 0.3) is 5.69 Å². The second-order valence-corrected chi connectivity index (χ2v) is 4.81. The molecular formula is C15H15N3O4. The van der Waals surface area contributed by atoms with Gasteiger partial charge in [-0.3, -0.25) is 10.1 Å². The standard InChI is InChI=1S/C15H15N3O4/c19-18(20)12-5-6-14(17-10-12)16-9-11-3-1-4-13-15(11)22-8-2-7-21-13/h1,3-6,10H,2,7-9H2,(H,16,17). The molecule has 1 aromatic carbocycles. The summed E-state index contributed by atoms with van der Waals surface area (Å²) in [6, 6.07) is 8.74. The summed E-state index contributed by atoms with van der Waals surface area (Å²) in [7, 11) is 0. The number of aromatic nitrogens is 1. The minimum absolute atomic E-state index is 0.0316. The maximum absolute atomic E-state index is 10.6. The molecule has 0 spiro atoms. The van der Waals surface area contributed by atoms with Gasteiger partial charge in [-0.25, -0.2) is 4.98 Å². The Bertz CT molecular complexity index is 673. The molecule has 1 aromatic heterocycles. The van der Waals surface area contributed by atoms with Gasteiger partial charge in [-0.1, -0.05) is 12.1 Å². The van der Waals surface area contributed by atoms with E-state index in [-0.39, 0.29) is 5.69 Å². The summed E-state index contributed by atoms with van der Waals surface area (Å²) < 4.78 is 11.4. The van der Waals surface area contributed by atoms with Crippen LogP contribution in [0.25, 0.3) is 0 Å². The van der Waals surface area contributed by atoms with Crippen molar-refractivity contribution < 1.29 is 14.4 Å². The molecule has 22 heavy (non-hydrogen) atoms. The number of ether oxygens (including phenoxy) is 2. The fourth-order valence-electron chi connectivity index (χ4n) is 2.18. The topological polar surface area (TPSA) is 86.5 Å². The highest BCUT2D eigenvalue weighted by molar-refractivity contribution is 5.49. The van der Waals surface area contributed by atoms with Gasteiger partial charge in [0.2, 0.25) is 0 Å². The number of fused-ring (bicyclic) bond motifs is 1. The fourth-order valence-corrected chi connectivity index (χ4v) is 2.18. The molecule has 7 heteroatoms. The predicted octanol–water partition coefficient (Wildman–Crippen LogP) is 2.76. The summed E-state index contributed by atoms with van der Waals surface area (Å²) in [6.45, 7) is 1.77. The molecule has 0 radical (unpaired) electrons. The Morgan fingerprint density at radius 1 is 1.23 bits per heavy atom. The Hall–Kier alpha value is -2.83. The maximum Gasteiger partial charge on any atom is 0.287 e. The van der Waals surface area contributed by atoms with Gasteiger partial charge in [-0.05, 0) is 12.1 Å². The van der Waals surface area contributed by atoms with E-state index in [2.05, 4.69) is 10.3 Å². The van der Waals surface area contributed by atoms with Crippen LogP contribution in [-0.2, 0) is 6.54 Å². The third-order valence-corrected chi connectivity index (χ3v) is 3.27. The van der Waals surface area contributed by atoms with Crippen LogP contribution in [0.4, 0.5) is 11.5 Å². The highest BCUT2D eigenvalue weighted by Gasteiger charge is 2.14. The number of nitro groups is 1. The van der Waals surface area contributed by atoms with Crippen molar-refractivity contribution in [3.63, 3.8) is 0 Å². The molecule has 2 heterocycles. The van der Waals surface area contributed by atoms with Crippen LogP contribution in [0.3, 0.4) is 0 Å². The van der Waals surface area contributed by atoms with Crippen LogP contribution >= 0.6 is 0 Å². The Balaban J connectivity index is 1.72. The number of nitrogens with zero attached hydrogens (tertiary/aromatic N) is 2. The molecule has 0 atom stereocenters.